The van der Waals surface area contributed by atoms with Gasteiger partial charge < -0.3 is 20.1 Å². The molecule has 0 saturated heterocycles. The van der Waals surface area contributed by atoms with Crippen LogP contribution in [0.15, 0.2) is 54.6 Å². The maximum absolute atomic E-state index is 13.4. The van der Waals surface area contributed by atoms with E-state index in [1.54, 1.807) is 6.07 Å². The largest absolute Gasteiger partial charge is 0.512 e. The van der Waals surface area contributed by atoms with Crippen molar-refractivity contribution in [1.82, 2.24) is 0 Å². The Morgan fingerprint density at radius 2 is 1.71 bits per heavy atom. The standard InChI is InChI=1S/C21H17Cl2NO6S/c22-13-6-7-15(16(23)8-13)19(27)24(14(10-25)11-26)17-9-18(12-4-2-1-3-5-12)31-20(17)30-21(28)29/h1-9,14,25-26H,10-11H2,(H,28,29). The SMILES string of the molecule is O=C(O)Oc1sc(-c2ccccc2)cc1N(C(=O)c1ccc(Cl)cc1Cl)C(CO)CO. The first-order valence-corrected chi connectivity index (χ1v) is 10.5. The van der Waals surface area contributed by atoms with Gasteiger partial charge in [-0.1, -0.05) is 64.9 Å². The monoisotopic (exact) mass is 481 g/mol. The summed E-state index contributed by atoms with van der Waals surface area (Å²) in [6.07, 6.45) is -1.57. The molecule has 0 aliphatic heterocycles. The summed E-state index contributed by atoms with van der Waals surface area (Å²) in [6, 6.07) is 13.9. The van der Waals surface area contributed by atoms with Gasteiger partial charge in [0.25, 0.3) is 5.91 Å². The zero-order valence-corrected chi connectivity index (χ0v) is 18.2. The Labute approximate surface area is 191 Å². The third-order valence-corrected chi connectivity index (χ3v) is 5.94. The number of aliphatic hydroxyl groups excluding tert-OH is 2. The average Bonchev–Trinajstić information content (AvgIpc) is 3.14. The Bertz CT molecular complexity index is 1080. The fourth-order valence-electron chi connectivity index (χ4n) is 2.92. The van der Waals surface area contributed by atoms with Crippen molar-refractivity contribution >= 4 is 52.3 Å². The molecule has 0 atom stereocenters. The lowest BCUT2D eigenvalue weighted by molar-refractivity contribution is 0.0937. The number of thiophene rings is 1. The number of aliphatic hydroxyl groups is 2. The molecular weight excluding hydrogens is 465 g/mol. The lowest BCUT2D eigenvalue weighted by Gasteiger charge is -2.29. The number of ether oxygens (including phenoxy) is 1. The molecule has 3 rings (SSSR count). The molecule has 2 aromatic carbocycles. The van der Waals surface area contributed by atoms with Crippen LogP contribution in [0.4, 0.5) is 10.5 Å². The summed E-state index contributed by atoms with van der Waals surface area (Å²) in [7, 11) is 0. The van der Waals surface area contributed by atoms with Crippen LogP contribution >= 0.6 is 34.5 Å². The lowest BCUT2D eigenvalue weighted by atomic mass is 10.1. The van der Waals surface area contributed by atoms with Gasteiger partial charge >= 0.3 is 6.16 Å². The molecular formula is C21H17Cl2NO6S. The zero-order valence-electron chi connectivity index (χ0n) is 15.9. The number of rotatable bonds is 7. The lowest BCUT2D eigenvalue weighted by Crippen LogP contribution is -2.45. The third-order valence-electron chi connectivity index (χ3n) is 4.34. The molecule has 0 unspecified atom stereocenters. The van der Waals surface area contributed by atoms with Crippen molar-refractivity contribution in [3.8, 4) is 15.5 Å². The number of carbonyl (C=O) groups is 2. The fraction of sp³-hybridized carbons (Fsp3) is 0.143. The summed E-state index contributed by atoms with van der Waals surface area (Å²) >= 11 is 13.1. The quantitative estimate of drug-likeness (QED) is 0.419. The Hall–Kier alpha value is -2.62. The number of carboxylic acid groups (broad SMARTS) is 1. The molecule has 0 spiro atoms. The van der Waals surface area contributed by atoms with E-state index in [-0.39, 0.29) is 21.3 Å². The van der Waals surface area contributed by atoms with E-state index in [1.807, 2.05) is 30.3 Å². The van der Waals surface area contributed by atoms with E-state index in [4.69, 9.17) is 27.9 Å². The predicted molar refractivity (Wildman–Crippen MR) is 120 cm³/mol. The normalized spacial score (nSPS) is 10.9. The molecule has 0 aliphatic rings. The van der Waals surface area contributed by atoms with Gasteiger partial charge in [-0.2, -0.15) is 0 Å². The zero-order chi connectivity index (χ0) is 22.5. The van der Waals surface area contributed by atoms with Crippen LogP contribution in [0.2, 0.25) is 10.0 Å². The molecule has 1 heterocycles. The summed E-state index contributed by atoms with van der Waals surface area (Å²) in [5, 5.41) is 29.1. The molecule has 0 fully saturated rings. The Balaban J connectivity index is 2.17. The predicted octanol–water partition coefficient (Wildman–Crippen LogP) is 4.78. The van der Waals surface area contributed by atoms with Crippen molar-refractivity contribution in [1.29, 1.82) is 0 Å². The maximum atomic E-state index is 13.4. The van der Waals surface area contributed by atoms with Crippen LogP contribution in [0, 0.1) is 0 Å². The first-order chi connectivity index (χ1) is 14.8. The number of nitrogens with zero attached hydrogens (tertiary/aromatic N) is 1. The second-order valence-electron chi connectivity index (χ2n) is 6.34. The number of hydrogen-bond donors (Lipinski definition) is 3. The average molecular weight is 482 g/mol. The van der Waals surface area contributed by atoms with Crippen LogP contribution in [0.25, 0.3) is 10.4 Å². The molecule has 0 bridgehead atoms. The van der Waals surface area contributed by atoms with E-state index in [1.165, 1.54) is 18.2 Å². The molecule has 0 saturated carbocycles. The number of hydrogen-bond acceptors (Lipinski definition) is 6. The van der Waals surface area contributed by atoms with Crippen LogP contribution in [0.3, 0.4) is 0 Å². The van der Waals surface area contributed by atoms with Crippen molar-refractivity contribution in [2.75, 3.05) is 18.1 Å². The van der Waals surface area contributed by atoms with E-state index in [0.29, 0.717) is 9.90 Å². The fourth-order valence-corrected chi connectivity index (χ4v) is 4.40. The van der Waals surface area contributed by atoms with Crippen LogP contribution in [-0.4, -0.2) is 46.6 Å². The Morgan fingerprint density at radius 1 is 1.03 bits per heavy atom. The molecule has 162 valence electrons. The van der Waals surface area contributed by atoms with E-state index < -0.39 is 31.3 Å². The van der Waals surface area contributed by atoms with Crippen molar-refractivity contribution in [3.05, 3.63) is 70.2 Å². The van der Waals surface area contributed by atoms with Crippen molar-refractivity contribution < 1.29 is 29.6 Å². The smallest absolute Gasteiger partial charge is 0.449 e. The van der Waals surface area contributed by atoms with Crippen molar-refractivity contribution in [2.45, 2.75) is 6.04 Å². The highest BCUT2D eigenvalue weighted by Crippen LogP contribution is 2.44. The van der Waals surface area contributed by atoms with E-state index in [2.05, 4.69) is 0 Å². The summed E-state index contributed by atoms with van der Waals surface area (Å²) in [5.41, 5.74) is 0.914. The molecule has 0 aliphatic carbocycles. The molecule has 10 heteroatoms. The number of amides is 1. The van der Waals surface area contributed by atoms with Gasteiger partial charge in [0, 0.05) is 9.90 Å². The molecule has 0 radical (unpaired) electrons. The summed E-state index contributed by atoms with van der Waals surface area (Å²) < 4.78 is 4.93. The molecule has 31 heavy (non-hydrogen) atoms. The summed E-state index contributed by atoms with van der Waals surface area (Å²) in [5.74, 6) is -0.664. The summed E-state index contributed by atoms with van der Waals surface area (Å²) in [4.78, 5) is 26.4. The second kappa shape index (κ2) is 10.1. The van der Waals surface area contributed by atoms with Crippen LogP contribution in [0.1, 0.15) is 10.4 Å². The van der Waals surface area contributed by atoms with Crippen molar-refractivity contribution in [3.63, 3.8) is 0 Å². The highest BCUT2D eigenvalue weighted by atomic mass is 35.5. The highest BCUT2D eigenvalue weighted by molar-refractivity contribution is 7.18. The number of carbonyl (C=O) groups excluding carboxylic acids is 1. The third kappa shape index (κ3) is 5.17. The van der Waals surface area contributed by atoms with E-state index >= 15 is 0 Å². The van der Waals surface area contributed by atoms with Gasteiger partial charge in [0.05, 0.1) is 35.5 Å². The van der Waals surface area contributed by atoms with Gasteiger partial charge in [-0.3, -0.25) is 9.69 Å². The topological polar surface area (TPSA) is 107 Å². The van der Waals surface area contributed by atoms with E-state index in [0.717, 1.165) is 21.8 Å². The molecule has 3 aromatic rings. The minimum atomic E-state index is -1.57. The number of anilines is 1. The first kappa shape index (κ1) is 23.1. The molecule has 3 N–H and O–H groups in total. The van der Waals surface area contributed by atoms with Gasteiger partial charge in [-0.05, 0) is 29.8 Å². The van der Waals surface area contributed by atoms with Gasteiger partial charge in [0.2, 0.25) is 5.06 Å². The Morgan fingerprint density at radius 3 is 2.29 bits per heavy atom. The molecule has 1 aromatic heterocycles. The Kier molecular flexibility index (Phi) is 7.53. The maximum Gasteiger partial charge on any atom is 0.512 e. The second-order valence-corrected chi connectivity index (χ2v) is 8.19. The van der Waals surface area contributed by atoms with Crippen molar-refractivity contribution in [2.24, 2.45) is 0 Å². The summed E-state index contributed by atoms with van der Waals surface area (Å²) in [6.45, 7) is -1.17. The number of halogens is 2. The van der Waals surface area contributed by atoms with Crippen LogP contribution in [-0.2, 0) is 0 Å². The van der Waals surface area contributed by atoms with E-state index in [9.17, 15) is 24.9 Å². The van der Waals surface area contributed by atoms with Crippen LogP contribution in [0.5, 0.6) is 5.06 Å². The van der Waals surface area contributed by atoms with Gasteiger partial charge in [0.15, 0.2) is 0 Å². The minimum Gasteiger partial charge on any atom is -0.449 e. The first-order valence-electron chi connectivity index (χ1n) is 8.96. The van der Waals surface area contributed by atoms with Gasteiger partial charge in [-0.25, -0.2) is 4.79 Å². The molecule has 1 amide bonds. The highest BCUT2D eigenvalue weighted by Gasteiger charge is 2.32. The minimum absolute atomic E-state index is 0.0618. The van der Waals surface area contributed by atoms with Gasteiger partial charge in [0.1, 0.15) is 0 Å². The van der Waals surface area contributed by atoms with Crippen LogP contribution < -0.4 is 9.64 Å². The van der Waals surface area contributed by atoms with Gasteiger partial charge in [-0.15, -0.1) is 0 Å². The molecule has 7 nitrogen and oxygen atoms in total. The number of benzene rings is 2.